The van der Waals surface area contributed by atoms with Gasteiger partial charge in [-0.2, -0.15) is 0 Å². The molecule has 0 nitrogen and oxygen atoms in total. The number of rotatable bonds is 1. The summed E-state index contributed by atoms with van der Waals surface area (Å²) in [5.41, 5.74) is 0. The van der Waals surface area contributed by atoms with E-state index in [2.05, 4.69) is 19.6 Å². The summed E-state index contributed by atoms with van der Waals surface area (Å²) < 4.78 is 1.50. The molecule has 0 aromatic rings. The van der Waals surface area contributed by atoms with Gasteiger partial charge in [0.2, 0.25) is 0 Å². The Hall–Kier alpha value is 1.50. The fourth-order valence-corrected chi connectivity index (χ4v) is 0. The van der Waals surface area contributed by atoms with Gasteiger partial charge in [-0.15, -0.1) is 17.0 Å². The van der Waals surface area contributed by atoms with Gasteiger partial charge in [-0.05, 0) is 0 Å². The van der Waals surface area contributed by atoms with Crippen LogP contribution < -0.4 is 0 Å². The van der Waals surface area contributed by atoms with Crippen LogP contribution in [0.5, 0.6) is 0 Å². The van der Waals surface area contributed by atoms with Gasteiger partial charge in [0.05, 0.1) is 0 Å². The van der Waals surface area contributed by atoms with Gasteiger partial charge < -0.3 is 0 Å². The van der Waals surface area contributed by atoms with E-state index in [4.69, 9.17) is 0 Å². The summed E-state index contributed by atoms with van der Waals surface area (Å²) in [5.74, 6) is 0. The second-order valence-electron chi connectivity index (χ2n) is 2.74. The van der Waals surface area contributed by atoms with E-state index in [1.807, 2.05) is 0 Å². The van der Waals surface area contributed by atoms with Gasteiger partial charge in [-0.25, -0.2) is 0 Å². The third-order valence-corrected chi connectivity index (χ3v) is 10.7. The molecule has 0 heterocycles. The first-order chi connectivity index (χ1) is 2.56. The molecule has 0 aromatic heterocycles. The minimum absolute atomic E-state index is 0. The molecule has 3 heteroatoms. The van der Waals surface area contributed by atoms with E-state index >= 15 is 0 Å². The number of halogens is 1. The van der Waals surface area contributed by atoms with Gasteiger partial charge in [0.25, 0.3) is 0 Å². The Labute approximate surface area is 70.9 Å². The van der Waals surface area contributed by atoms with E-state index in [1.54, 1.807) is 22.5 Å². The van der Waals surface area contributed by atoms with Crippen molar-refractivity contribution in [2.75, 3.05) is 0 Å². The predicted molar refractivity (Wildman–Crippen MR) is 44.2 cm³/mol. The molecular weight excluding hydrogens is 275 g/mol. The van der Waals surface area contributed by atoms with Crippen molar-refractivity contribution >= 4 is 47.6 Å². The molecule has 0 saturated heterocycles. The second kappa shape index (κ2) is 4.38. The Balaban J connectivity index is 0. The molecule has 0 N–H and O–H groups in total. The molecule has 0 fully saturated rings. The molecule has 43 valence electrons. The Morgan fingerprint density at radius 3 is 1.43 bits per heavy atom. The molecule has 0 unspecified atom stereocenters. The van der Waals surface area contributed by atoms with Gasteiger partial charge in [-0.3, -0.25) is 0 Å². The van der Waals surface area contributed by atoms with Gasteiger partial charge >= 0.3 is 54.3 Å². The van der Waals surface area contributed by atoms with E-state index in [9.17, 15) is 0 Å². The van der Waals surface area contributed by atoms with Gasteiger partial charge in [0, 0.05) is 0 Å². The molecule has 0 rings (SSSR count). The normalized spacial score (nSPS) is 10.3. The van der Waals surface area contributed by atoms with Crippen molar-refractivity contribution in [3.8, 4) is 0 Å². The molecule has 0 bridgehead atoms. The van der Waals surface area contributed by atoms with E-state index in [-0.39, 0.29) is 17.0 Å². The average molecular weight is 287 g/mol. The molecule has 0 atom stereocenters. The Kier molecular flexibility index (Phi) is 7.08. The van der Waals surface area contributed by atoms with Crippen LogP contribution in [-0.4, -0.2) is 30.6 Å². The van der Waals surface area contributed by atoms with E-state index in [0.29, 0.717) is 0 Å². The summed E-state index contributed by atoms with van der Waals surface area (Å²) in [6.07, 6.45) is 0. The van der Waals surface area contributed by atoms with E-state index in [1.165, 1.54) is 4.06 Å². The second-order valence-corrected chi connectivity index (χ2v) is 11.2. The van der Waals surface area contributed by atoms with Crippen LogP contribution in [0, 0.1) is 0 Å². The Morgan fingerprint density at radius 2 is 1.43 bits per heavy atom. The number of hydrogen-bond acceptors (Lipinski definition) is 0. The van der Waals surface area contributed by atoms with Gasteiger partial charge in [0.15, 0.2) is 0 Å². The fraction of sp³-hybridized carbons (Fsp3) is 1.00. The van der Waals surface area contributed by atoms with Crippen LogP contribution in [0.3, 0.4) is 0 Å². The van der Waals surface area contributed by atoms with Crippen LogP contribution in [0.1, 0.15) is 0 Å². The molecule has 0 aliphatic rings. The molecule has 3 radical (unpaired) electrons. The van der Waals surface area contributed by atoms with Gasteiger partial charge in [0.1, 0.15) is 0 Å². The van der Waals surface area contributed by atoms with Crippen molar-refractivity contribution in [1.29, 1.82) is 0 Å². The maximum absolute atomic E-state index is 2.40. The molecule has 0 aliphatic heterocycles. The number of hydrogen-bond donors (Lipinski definition) is 0. The first kappa shape index (κ1) is 11.3. The van der Waals surface area contributed by atoms with Crippen molar-refractivity contribution in [2.45, 2.75) is 23.7 Å². The molecule has 0 aliphatic carbocycles. The van der Waals surface area contributed by atoms with Crippen molar-refractivity contribution in [3.63, 3.8) is 0 Å². The fourth-order valence-electron chi connectivity index (χ4n) is 0. The molecular formula is C4H12BrSiSn. The Bertz CT molecular complexity index is 41.4. The zero-order valence-electron chi connectivity index (χ0n) is 5.12. The van der Waals surface area contributed by atoms with E-state index < -0.39 is 8.07 Å². The molecule has 0 saturated carbocycles. The molecule has 7 heavy (non-hydrogen) atoms. The van der Waals surface area contributed by atoms with Crippen LogP contribution >= 0.6 is 17.0 Å². The zero-order valence-corrected chi connectivity index (χ0v) is 10.7. The monoisotopic (exact) mass is 287 g/mol. The third kappa shape index (κ3) is 11.2. The zero-order chi connectivity index (χ0) is 5.21. The standard InChI is InChI=1S/C4H11Si.BrH.Sn/c1-5(2,3)4;;/h1H2,2-4H3;1H;. The van der Waals surface area contributed by atoms with Crippen LogP contribution in [0.4, 0.5) is 0 Å². The summed E-state index contributed by atoms with van der Waals surface area (Å²) in [5, 5.41) is 0. The van der Waals surface area contributed by atoms with Crippen LogP contribution in [0.15, 0.2) is 0 Å². The first-order valence-electron chi connectivity index (χ1n) is 2.21. The van der Waals surface area contributed by atoms with Crippen LogP contribution in [0.25, 0.3) is 0 Å². The first-order valence-corrected chi connectivity index (χ1v) is 7.93. The van der Waals surface area contributed by atoms with Crippen molar-refractivity contribution < 1.29 is 0 Å². The summed E-state index contributed by atoms with van der Waals surface area (Å²) >= 11 is 1.71. The molecule has 0 spiro atoms. The van der Waals surface area contributed by atoms with E-state index in [0.717, 1.165) is 0 Å². The summed E-state index contributed by atoms with van der Waals surface area (Å²) in [7, 11) is -0.591. The van der Waals surface area contributed by atoms with Crippen LogP contribution in [0.2, 0.25) is 23.7 Å². The maximum atomic E-state index is 2.40. The summed E-state index contributed by atoms with van der Waals surface area (Å²) in [4.78, 5) is 0. The van der Waals surface area contributed by atoms with Crippen molar-refractivity contribution in [1.82, 2.24) is 0 Å². The average Bonchev–Trinajstić information content (AvgIpc) is 1.35. The van der Waals surface area contributed by atoms with Crippen molar-refractivity contribution in [2.24, 2.45) is 0 Å². The predicted octanol–water partition coefficient (Wildman–Crippen LogP) is 2.03. The Morgan fingerprint density at radius 1 is 1.29 bits per heavy atom. The quantitative estimate of drug-likeness (QED) is 0.647. The van der Waals surface area contributed by atoms with Crippen LogP contribution in [-0.2, 0) is 0 Å². The van der Waals surface area contributed by atoms with Crippen molar-refractivity contribution in [3.05, 3.63) is 0 Å². The minimum atomic E-state index is -0.591. The van der Waals surface area contributed by atoms with Gasteiger partial charge in [-0.1, -0.05) is 0 Å². The SMILES string of the molecule is Br.C[Si](C)(C)[CH2][Sn]. The topological polar surface area (TPSA) is 0 Å². The molecule has 0 aromatic carbocycles. The summed E-state index contributed by atoms with van der Waals surface area (Å²) in [6.45, 7) is 7.21. The summed E-state index contributed by atoms with van der Waals surface area (Å²) in [6, 6.07) is 0. The molecule has 0 amide bonds. The third-order valence-electron chi connectivity index (χ3n) is 0.530.